The van der Waals surface area contributed by atoms with Crippen molar-refractivity contribution in [3.05, 3.63) is 36.5 Å². The zero-order chi connectivity index (χ0) is 50.0. The maximum atomic E-state index is 12.9. The third-order valence-electron chi connectivity index (χ3n) is 13.6. The Kier molecular flexibility index (Phi) is 56.2. The van der Waals surface area contributed by atoms with E-state index in [9.17, 15) is 14.4 Å². The van der Waals surface area contributed by atoms with Gasteiger partial charge in [0.05, 0.1) is 0 Å². The van der Waals surface area contributed by atoms with Crippen molar-refractivity contribution in [2.75, 3.05) is 13.2 Å². The third kappa shape index (κ3) is 56.4. The van der Waals surface area contributed by atoms with E-state index < -0.39 is 6.10 Å². The number of carbonyl (C=O) groups excluding carboxylic acids is 3. The van der Waals surface area contributed by atoms with E-state index >= 15 is 0 Å². The summed E-state index contributed by atoms with van der Waals surface area (Å²) < 4.78 is 16.9. The van der Waals surface area contributed by atoms with Crippen molar-refractivity contribution in [2.45, 2.75) is 335 Å². The van der Waals surface area contributed by atoms with E-state index in [2.05, 4.69) is 57.2 Å². The van der Waals surface area contributed by atoms with Gasteiger partial charge in [0.2, 0.25) is 0 Å². The van der Waals surface area contributed by atoms with Crippen LogP contribution >= 0.6 is 0 Å². The number of ether oxygens (including phenoxy) is 3. The first-order chi connectivity index (χ1) is 34.0. The minimum Gasteiger partial charge on any atom is -0.462 e. The summed E-state index contributed by atoms with van der Waals surface area (Å²) in [5, 5.41) is 0. The van der Waals surface area contributed by atoms with Gasteiger partial charge in [-0.3, -0.25) is 14.4 Å². The molecule has 0 radical (unpaired) electrons. The highest BCUT2D eigenvalue weighted by molar-refractivity contribution is 5.71. The molecule has 69 heavy (non-hydrogen) atoms. The fourth-order valence-electron chi connectivity index (χ4n) is 9.00. The van der Waals surface area contributed by atoms with Gasteiger partial charge in [0.15, 0.2) is 6.10 Å². The van der Waals surface area contributed by atoms with Crippen LogP contribution in [0.4, 0.5) is 0 Å². The molecule has 0 unspecified atom stereocenters. The predicted octanol–water partition coefficient (Wildman–Crippen LogP) is 20.4. The van der Waals surface area contributed by atoms with E-state index in [1.54, 1.807) is 0 Å². The van der Waals surface area contributed by atoms with Crippen molar-refractivity contribution in [1.82, 2.24) is 0 Å². The molecule has 0 saturated heterocycles. The molecule has 0 fully saturated rings. The Morgan fingerprint density at radius 1 is 0.290 bits per heavy atom. The van der Waals surface area contributed by atoms with Gasteiger partial charge in [-0.05, 0) is 77.0 Å². The number of allylic oxidation sites excluding steroid dienone is 6. The maximum absolute atomic E-state index is 12.9. The van der Waals surface area contributed by atoms with Crippen molar-refractivity contribution < 1.29 is 28.6 Å². The number of esters is 3. The van der Waals surface area contributed by atoms with Crippen LogP contribution in [0, 0.1) is 0 Å². The van der Waals surface area contributed by atoms with Crippen LogP contribution in [0.3, 0.4) is 0 Å². The molecule has 0 spiro atoms. The number of unbranched alkanes of at least 4 members (excludes halogenated alkanes) is 39. The monoisotopic (exact) mass is 969 g/mol. The second kappa shape index (κ2) is 58.2. The molecule has 0 aliphatic carbocycles. The minimum absolute atomic E-state index is 0.0741. The largest absolute Gasteiger partial charge is 0.462 e. The summed E-state index contributed by atoms with van der Waals surface area (Å²) in [4.78, 5) is 38.2. The first kappa shape index (κ1) is 66.6. The van der Waals surface area contributed by atoms with Crippen LogP contribution in [-0.4, -0.2) is 37.2 Å². The lowest BCUT2D eigenvalue weighted by Crippen LogP contribution is -2.30. The Hall–Kier alpha value is -2.37. The molecule has 0 bridgehead atoms. The van der Waals surface area contributed by atoms with Gasteiger partial charge >= 0.3 is 17.9 Å². The summed E-state index contributed by atoms with van der Waals surface area (Å²) in [6.07, 6.45) is 69.9. The lowest BCUT2D eigenvalue weighted by atomic mass is 10.0. The van der Waals surface area contributed by atoms with Gasteiger partial charge in [0.1, 0.15) is 13.2 Å². The number of rotatable bonds is 56. The fourth-order valence-corrected chi connectivity index (χ4v) is 9.00. The normalized spacial score (nSPS) is 12.2. The van der Waals surface area contributed by atoms with Crippen molar-refractivity contribution in [2.24, 2.45) is 0 Å². The number of hydrogen-bond acceptors (Lipinski definition) is 6. The molecule has 0 aromatic rings. The van der Waals surface area contributed by atoms with Gasteiger partial charge in [0, 0.05) is 19.3 Å². The molecule has 0 aromatic carbocycles. The molecule has 404 valence electrons. The quantitative estimate of drug-likeness (QED) is 0.0261. The molecule has 0 aromatic heterocycles. The van der Waals surface area contributed by atoms with Crippen molar-refractivity contribution >= 4 is 17.9 Å². The van der Waals surface area contributed by atoms with Gasteiger partial charge in [-0.1, -0.05) is 269 Å². The summed E-state index contributed by atoms with van der Waals surface area (Å²) in [6, 6.07) is 0. The molecule has 0 aliphatic heterocycles. The van der Waals surface area contributed by atoms with Crippen LogP contribution in [-0.2, 0) is 28.6 Å². The zero-order valence-electron chi connectivity index (χ0n) is 46.3. The fraction of sp³-hybridized carbons (Fsp3) is 0.857. The molecule has 0 saturated carbocycles. The Morgan fingerprint density at radius 3 is 0.841 bits per heavy atom. The molecule has 0 heterocycles. The molecule has 0 aliphatic rings. The van der Waals surface area contributed by atoms with Crippen LogP contribution < -0.4 is 0 Å². The van der Waals surface area contributed by atoms with Gasteiger partial charge in [-0.2, -0.15) is 0 Å². The number of hydrogen-bond donors (Lipinski definition) is 0. The molecular weight excluding hydrogens is 853 g/mol. The zero-order valence-corrected chi connectivity index (χ0v) is 46.3. The van der Waals surface area contributed by atoms with E-state index in [-0.39, 0.29) is 31.1 Å². The topological polar surface area (TPSA) is 78.9 Å². The Balaban J connectivity index is 4.35. The van der Waals surface area contributed by atoms with Gasteiger partial charge in [0.25, 0.3) is 0 Å². The summed E-state index contributed by atoms with van der Waals surface area (Å²) >= 11 is 0. The van der Waals surface area contributed by atoms with Crippen molar-refractivity contribution in [3.8, 4) is 0 Å². The van der Waals surface area contributed by atoms with Gasteiger partial charge < -0.3 is 14.2 Å². The summed E-state index contributed by atoms with van der Waals surface area (Å²) in [7, 11) is 0. The van der Waals surface area contributed by atoms with Crippen LogP contribution in [0.25, 0.3) is 0 Å². The van der Waals surface area contributed by atoms with E-state index in [0.29, 0.717) is 19.3 Å². The SMILES string of the molecule is CCCCC/C=C\C/C=C\CCCCCCCCCC(=O)O[C@H](COC(=O)CCCCCCC/C=C\CCCCCCCCC)COC(=O)CCCCCCCCCCCCCCCCCCCC. The summed E-state index contributed by atoms with van der Waals surface area (Å²) in [5.41, 5.74) is 0. The smallest absolute Gasteiger partial charge is 0.306 e. The van der Waals surface area contributed by atoms with Gasteiger partial charge in [-0.15, -0.1) is 0 Å². The second-order valence-corrected chi connectivity index (χ2v) is 20.6. The summed E-state index contributed by atoms with van der Waals surface area (Å²) in [6.45, 7) is 6.65. The third-order valence-corrected chi connectivity index (χ3v) is 13.6. The number of carbonyl (C=O) groups is 3. The molecular formula is C63H116O6. The minimum atomic E-state index is -0.777. The molecule has 0 N–H and O–H groups in total. The maximum Gasteiger partial charge on any atom is 0.306 e. The highest BCUT2D eigenvalue weighted by atomic mass is 16.6. The molecule has 6 nitrogen and oxygen atoms in total. The lowest BCUT2D eigenvalue weighted by Gasteiger charge is -2.18. The molecule has 0 rings (SSSR count). The van der Waals surface area contributed by atoms with Crippen molar-refractivity contribution in [3.63, 3.8) is 0 Å². The lowest BCUT2D eigenvalue weighted by molar-refractivity contribution is -0.167. The van der Waals surface area contributed by atoms with Crippen molar-refractivity contribution in [1.29, 1.82) is 0 Å². The highest BCUT2D eigenvalue weighted by Crippen LogP contribution is 2.17. The average Bonchev–Trinajstić information content (AvgIpc) is 3.35. The molecule has 1 atom stereocenters. The first-order valence-corrected chi connectivity index (χ1v) is 30.5. The van der Waals surface area contributed by atoms with E-state index in [0.717, 1.165) is 77.0 Å². The first-order valence-electron chi connectivity index (χ1n) is 30.5. The molecule has 0 amide bonds. The van der Waals surface area contributed by atoms with E-state index in [1.165, 1.54) is 212 Å². The van der Waals surface area contributed by atoms with Crippen LogP contribution in [0.2, 0.25) is 0 Å². The standard InChI is InChI=1S/C63H116O6/c1-4-7-10-13-16-19-22-25-28-31-33-35-38-41-44-47-50-53-56-62(65)68-59-60(58-67-61(64)55-52-49-46-43-40-37-34-30-27-24-21-18-15-12-9-6-3)69-63(66)57-54-51-48-45-42-39-36-32-29-26-23-20-17-14-11-8-5-2/h17,20,26,29-30,34,60H,4-16,18-19,21-25,27-28,31-33,35-59H2,1-3H3/b20-17-,29-26-,34-30-/t60-/m1/s1. The molecule has 6 heteroatoms. The Labute approximate surface area is 429 Å². The predicted molar refractivity (Wildman–Crippen MR) is 298 cm³/mol. The second-order valence-electron chi connectivity index (χ2n) is 20.6. The van der Waals surface area contributed by atoms with Crippen LogP contribution in [0.5, 0.6) is 0 Å². The Bertz CT molecular complexity index is 1160. The van der Waals surface area contributed by atoms with Crippen LogP contribution in [0.15, 0.2) is 36.5 Å². The van der Waals surface area contributed by atoms with E-state index in [1.807, 2.05) is 0 Å². The van der Waals surface area contributed by atoms with Crippen LogP contribution in [0.1, 0.15) is 329 Å². The highest BCUT2D eigenvalue weighted by Gasteiger charge is 2.19. The van der Waals surface area contributed by atoms with Gasteiger partial charge in [-0.25, -0.2) is 0 Å². The Morgan fingerprint density at radius 2 is 0.522 bits per heavy atom. The average molecular weight is 970 g/mol. The van der Waals surface area contributed by atoms with E-state index in [4.69, 9.17) is 14.2 Å². The summed E-state index contributed by atoms with van der Waals surface area (Å²) in [5.74, 6) is -0.870.